The van der Waals surface area contributed by atoms with E-state index in [0.29, 0.717) is 6.01 Å². The summed E-state index contributed by atoms with van der Waals surface area (Å²) in [5.74, 6) is 0. The fourth-order valence-electron chi connectivity index (χ4n) is 2.87. The van der Waals surface area contributed by atoms with E-state index in [0.717, 1.165) is 29.6 Å². The van der Waals surface area contributed by atoms with Crippen LogP contribution in [0, 0.1) is 0 Å². The summed E-state index contributed by atoms with van der Waals surface area (Å²) in [7, 11) is 0. The predicted molar refractivity (Wildman–Crippen MR) is 79.5 cm³/mol. The molecule has 4 heteroatoms. The molecule has 20 heavy (non-hydrogen) atoms. The van der Waals surface area contributed by atoms with Crippen LogP contribution in [0.25, 0.3) is 11.1 Å². The largest absolute Gasteiger partial charge is 0.424 e. The van der Waals surface area contributed by atoms with E-state index in [9.17, 15) is 0 Å². The lowest BCUT2D eigenvalue weighted by atomic mass is 10.1. The summed E-state index contributed by atoms with van der Waals surface area (Å²) in [6.07, 6.45) is 2.08. The highest BCUT2D eigenvalue weighted by Crippen LogP contribution is 2.35. The second-order valence-electron chi connectivity index (χ2n) is 5.18. The van der Waals surface area contributed by atoms with Crippen LogP contribution in [0.4, 0.5) is 11.7 Å². The number of oxazole rings is 1. The first kappa shape index (κ1) is 11.3. The summed E-state index contributed by atoms with van der Waals surface area (Å²) in [6, 6.07) is 14.7. The van der Waals surface area contributed by atoms with Crippen molar-refractivity contribution in [1.82, 2.24) is 4.98 Å². The van der Waals surface area contributed by atoms with Crippen molar-refractivity contribution in [2.24, 2.45) is 0 Å². The van der Waals surface area contributed by atoms with Crippen molar-refractivity contribution in [3.63, 3.8) is 0 Å². The minimum atomic E-state index is 0.249. The quantitative estimate of drug-likeness (QED) is 0.696. The molecule has 0 saturated heterocycles. The van der Waals surface area contributed by atoms with Crippen LogP contribution in [0.3, 0.4) is 0 Å². The van der Waals surface area contributed by atoms with E-state index in [1.165, 1.54) is 11.1 Å². The lowest BCUT2D eigenvalue weighted by Crippen LogP contribution is -2.07. The van der Waals surface area contributed by atoms with Crippen LogP contribution in [0.2, 0.25) is 0 Å². The van der Waals surface area contributed by atoms with Gasteiger partial charge in [0.25, 0.3) is 6.01 Å². The molecule has 1 atom stereocenters. The molecule has 1 aliphatic rings. The number of aromatic nitrogens is 1. The average Bonchev–Trinajstić information content (AvgIpc) is 3.02. The second kappa shape index (κ2) is 4.27. The molecule has 1 aromatic heterocycles. The molecule has 3 aromatic rings. The lowest BCUT2D eigenvalue weighted by Gasteiger charge is -2.12. The van der Waals surface area contributed by atoms with Gasteiger partial charge < -0.3 is 15.5 Å². The van der Waals surface area contributed by atoms with Crippen molar-refractivity contribution < 1.29 is 4.42 Å². The molecule has 1 unspecified atom stereocenters. The van der Waals surface area contributed by atoms with E-state index in [-0.39, 0.29) is 6.04 Å². The smallest absolute Gasteiger partial charge is 0.296 e. The van der Waals surface area contributed by atoms with Crippen LogP contribution in [-0.2, 0) is 6.42 Å². The van der Waals surface area contributed by atoms with Crippen molar-refractivity contribution in [2.45, 2.75) is 18.9 Å². The van der Waals surface area contributed by atoms with Crippen molar-refractivity contribution in [3.8, 4) is 0 Å². The highest BCUT2D eigenvalue weighted by Gasteiger charge is 2.23. The lowest BCUT2D eigenvalue weighted by molar-refractivity contribution is 0.595. The Balaban J connectivity index is 1.64. The summed E-state index contributed by atoms with van der Waals surface area (Å²) < 4.78 is 5.72. The Bertz CT molecular complexity index is 745. The van der Waals surface area contributed by atoms with Crippen LogP contribution >= 0.6 is 0 Å². The number of fused-ring (bicyclic) bond motifs is 2. The number of benzene rings is 2. The maximum absolute atomic E-state index is 5.83. The summed E-state index contributed by atoms with van der Waals surface area (Å²) in [5.41, 5.74) is 11.0. The van der Waals surface area contributed by atoms with Gasteiger partial charge in [0.15, 0.2) is 5.58 Å². The highest BCUT2D eigenvalue weighted by molar-refractivity contribution is 5.74. The van der Waals surface area contributed by atoms with Gasteiger partial charge in [-0.05, 0) is 48.2 Å². The van der Waals surface area contributed by atoms with E-state index in [4.69, 9.17) is 10.2 Å². The van der Waals surface area contributed by atoms with Crippen LogP contribution in [0.1, 0.15) is 23.6 Å². The van der Waals surface area contributed by atoms with Crippen molar-refractivity contribution in [3.05, 3.63) is 53.6 Å². The Morgan fingerprint density at radius 1 is 1.20 bits per heavy atom. The van der Waals surface area contributed by atoms with Crippen molar-refractivity contribution in [1.29, 1.82) is 0 Å². The van der Waals surface area contributed by atoms with E-state index >= 15 is 0 Å². The number of hydrogen-bond acceptors (Lipinski definition) is 4. The molecule has 4 nitrogen and oxygen atoms in total. The Labute approximate surface area is 116 Å². The minimum absolute atomic E-state index is 0.249. The maximum atomic E-state index is 5.83. The van der Waals surface area contributed by atoms with Gasteiger partial charge >= 0.3 is 0 Å². The van der Waals surface area contributed by atoms with Crippen LogP contribution < -0.4 is 11.1 Å². The standard InChI is InChI=1S/C16H15N3O/c17-11-6-7-12-10(9-11)5-8-13(12)18-16-19-14-3-1-2-4-15(14)20-16/h1-4,6-7,9,13H,5,8,17H2,(H,18,19). The number of nitrogens with two attached hydrogens (primary N) is 1. The van der Waals surface area contributed by atoms with Gasteiger partial charge in [0, 0.05) is 5.69 Å². The molecule has 1 aliphatic carbocycles. The van der Waals surface area contributed by atoms with Crippen LogP contribution in [0.15, 0.2) is 46.9 Å². The molecule has 0 saturated carbocycles. The zero-order chi connectivity index (χ0) is 13.5. The number of rotatable bonds is 2. The van der Waals surface area contributed by atoms with E-state index < -0.39 is 0 Å². The third kappa shape index (κ3) is 1.81. The minimum Gasteiger partial charge on any atom is -0.424 e. The number of nitrogens with zero attached hydrogens (tertiary/aromatic N) is 1. The first-order chi connectivity index (χ1) is 9.79. The van der Waals surface area contributed by atoms with Gasteiger partial charge in [-0.1, -0.05) is 18.2 Å². The van der Waals surface area contributed by atoms with E-state index in [2.05, 4.69) is 22.4 Å². The molecule has 3 N–H and O–H groups in total. The normalized spacial score (nSPS) is 17.3. The summed E-state index contributed by atoms with van der Waals surface area (Å²) in [4.78, 5) is 4.46. The number of hydrogen-bond donors (Lipinski definition) is 2. The maximum Gasteiger partial charge on any atom is 0.296 e. The second-order valence-corrected chi connectivity index (χ2v) is 5.18. The predicted octanol–water partition coefficient (Wildman–Crippen LogP) is 3.51. The Morgan fingerprint density at radius 2 is 2.10 bits per heavy atom. The number of anilines is 2. The summed E-state index contributed by atoms with van der Waals surface area (Å²) in [5, 5.41) is 3.39. The third-order valence-corrected chi connectivity index (χ3v) is 3.84. The fourth-order valence-corrected chi connectivity index (χ4v) is 2.87. The molecule has 0 bridgehead atoms. The molecule has 0 aliphatic heterocycles. The number of para-hydroxylation sites is 2. The van der Waals surface area contributed by atoms with Gasteiger partial charge in [0.05, 0.1) is 6.04 Å². The van der Waals surface area contributed by atoms with Crippen LogP contribution in [0.5, 0.6) is 0 Å². The molecule has 4 rings (SSSR count). The van der Waals surface area contributed by atoms with Crippen LogP contribution in [-0.4, -0.2) is 4.98 Å². The van der Waals surface area contributed by atoms with Gasteiger partial charge in [-0.25, -0.2) is 0 Å². The van der Waals surface area contributed by atoms with Gasteiger partial charge in [-0.3, -0.25) is 0 Å². The SMILES string of the molecule is Nc1ccc2c(c1)CCC2Nc1nc2ccccc2o1. The molecule has 1 heterocycles. The van der Waals surface area contributed by atoms with Gasteiger partial charge in [-0.2, -0.15) is 4.98 Å². The van der Waals surface area contributed by atoms with E-state index in [1.54, 1.807) is 0 Å². The molecule has 100 valence electrons. The zero-order valence-corrected chi connectivity index (χ0v) is 11.0. The topological polar surface area (TPSA) is 64.1 Å². The first-order valence-corrected chi connectivity index (χ1v) is 6.80. The zero-order valence-electron chi connectivity index (χ0n) is 11.0. The molecule has 0 spiro atoms. The monoisotopic (exact) mass is 265 g/mol. The molecule has 0 fully saturated rings. The molecule has 0 amide bonds. The van der Waals surface area contributed by atoms with Gasteiger partial charge in [0.2, 0.25) is 0 Å². The Kier molecular flexibility index (Phi) is 2.42. The Morgan fingerprint density at radius 3 is 3.00 bits per heavy atom. The Hall–Kier alpha value is -2.49. The summed E-state index contributed by atoms with van der Waals surface area (Å²) >= 11 is 0. The van der Waals surface area contributed by atoms with Gasteiger partial charge in [0.1, 0.15) is 5.52 Å². The van der Waals surface area contributed by atoms with Crippen molar-refractivity contribution >= 4 is 22.8 Å². The van der Waals surface area contributed by atoms with Crippen molar-refractivity contribution in [2.75, 3.05) is 11.1 Å². The fraction of sp³-hybridized carbons (Fsp3) is 0.188. The average molecular weight is 265 g/mol. The number of aryl methyl sites for hydroxylation is 1. The number of nitrogens with one attached hydrogen (secondary N) is 1. The third-order valence-electron chi connectivity index (χ3n) is 3.84. The van der Waals surface area contributed by atoms with Gasteiger partial charge in [-0.15, -0.1) is 0 Å². The highest BCUT2D eigenvalue weighted by atomic mass is 16.4. The number of nitrogen functional groups attached to an aromatic ring is 1. The summed E-state index contributed by atoms with van der Waals surface area (Å²) in [6.45, 7) is 0. The first-order valence-electron chi connectivity index (χ1n) is 6.80. The molecule has 0 radical (unpaired) electrons. The molecular formula is C16H15N3O. The van der Waals surface area contributed by atoms with E-state index in [1.807, 2.05) is 30.3 Å². The molecule has 2 aromatic carbocycles. The molecular weight excluding hydrogens is 250 g/mol.